The van der Waals surface area contributed by atoms with Gasteiger partial charge in [-0.1, -0.05) is 25.4 Å². The van der Waals surface area contributed by atoms with Crippen molar-refractivity contribution in [3.63, 3.8) is 0 Å². The van der Waals surface area contributed by atoms with Crippen LogP contribution in [0.3, 0.4) is 0 Å². The highest BCUT2D eigenvalue weighted by atomic mass is 35.5. The molecule has 0 radical (unpaired) electrons. The van der Waals surface area contributed by atoms with Crippen molar-refractivity contribution in [2.75, 3.05) is 6.61 Å². The van der Waals surface area contributed by atoms with E-state index in [1.807, 2.05) is 19.9 Å². The van der Waals surface area contributed by atoms with Gasteiger partial charge in [0.2, 0.25) is 0 Å². The van der Waals surface area contributed by atoms with Gasteiger partial charge in [0.25, 0.3) is 11.6 Å². The molecule has 0 aliphatic carbocycles. The summed E-state index contributed by atoms with van der Waals surface area (Å²) in [4.78, 5) is 21.9. The van der Waals surface area contributed by atoms with Crippen molar-refractivity contribution in [1.29, 1.82) is 5.26 Å². The summed E-state index contributed by atoms with van der Waals surface area (Å²) >= 11 is 5.85. The number of ether oxygens (including phenoxy) is 1. The zero-order valence-corrected chi connectivity index (χ0v) is 13.2. The molecule has 1 atom stereocenters. The summed E-state index contributed by atoms with van der Waals surface area (Å²) in [5.74, 6) is -0.401. The van der Waals surface area contributed by atoms with Gasteiger partial charge in [0.1, 0.15) is 11.3 Å². The van der Waals surface area contributed by atoms with Crippen molar-refractivity contribution >= 4 is 23.2 Å². The molecule has 0 aliphatic rings. The van der Waals surface area contributed by atoms with Crippen LogP contribution in [-0.2, 0) is 4.79 Å². The van der Waals surface area contributed by atoms with E-state index in [-0.39, 0.29) is 29.0 Å². The quantitative estimate of drug-likeness (QED) is 0.639. The van der Waals surface area contributed by atoms with Gasteiger partial charge in [0, 0.05) is 12.1 Å². The van der Waals surface area contributed by atoms with Crippen LogP contribution < -0.4 is 10.1 Å². The average molecular weight is 326 g/mol. The topological polar surface area (TPSA) is 105 Å². The second kappa shape index (κ2) is 7.09. The number of amides is 1. The smallest absolute Gasteiger partial charge is 0.271 e. The van der Waals surface area contributed by atoms with E-state index in [0.717, 1.165) is 6.07 Å². The van der Waals surface area contributed by atoms with E-state index in [0.29, 0.717) is 0 Å². The third kappa shape index (κ3) is 4.33. The molecule has 1 amide bonds. The number of nitro groups is 1. The van der Waals surface area contributed by atoms with E-state index in [4.69, 9.17) is 21.6 Å². The predicted molar refractivity (Wildman–Crippen MR) is 80.6 cm³/mol. The molecule has 118 valence electrons. The molecule has 1 aromatic carbocycles. The highest BCUT2D eigenvalue weighted by molar-refractivity contribution is 6.32. The van der Waals surface area contributed by atoms with Crippen molar-refractivity contribution < 1.29 is 14.5 Å². The van der Waals surface area contributed by atoms with Gasteiger partial charge >= 0.3 is 0 Å². The molecule has 0 aliphatic heterocycles. The molecule has 1 aromatic rings. The monoisotopic (exact) mass is 325 g/mol. The molecule has 0 heterocycles. The number of hydrogen-bond donors (Lipinski definition) is 1. The van der Waals surface area contributed by atoms with Crippen LogP contribution in [0.5, 0.6) is 5.75 Å². The van der Waals surface area contributed by atoms with Crippen molar-refractivity contribution in [2.45, 2.75) is 26.3 Å². The fourth-order valence-corrected chi connectivity index (χ4v) is 1.72. The first kappa shape index (κ1) is 17.7. The lowest BCUT2D eigenvalue weighted by molar-refractivity contribution is -0.384. The van der Waals surface area contributed by atoms with E-state index in [1.165, 1.54) is 12.1 Å². The largest absolute Gasteiger partial charge is 0.482 e. The lowest BCUT2D eigenvalue weighted by Crippen LogP contribution is -2.50. The number of nitrogens with one attached hydrogen (secondary N) is 1. The Morgan fingerprint density at radius 1 is 1.59 bits per heavy atom. The summed E-state index contributed by atoms with van der Waals surface area (Å²) in [6, 6.07) is 5.74. The summed E-state index contributed by atoms with van der Waals surface area (Å²) < 4.78 is 5.23. The predicted octanol–water partition coefficient (Wildman–Crippen LogP) is 2.68. The molecule has 1 rings (SSSR count). The maximum Gasteiger partial charge on any atom is 0.271 e. The minimum atomic E-state index is -1.00. The van der Waals surface area contributed by atoms with Crippen molar-refractivity contribution in [3.05, 3.63) is 33.3 Å². The summed E-state index contributed by atoms with van der Waals surface area (Å²) in [7, 11) is 0. The first-order valence-electron chi connectivity index (χ1n) is 6.48. The highest BCUT2D eigenvalue weighted by Crippen LogP contribution is 2.28. The SMILES string of the molecule is CC(C)[C@@](C)(C#N)NC(=O)COc1ccc([N+](=O)[O-])cc1Cl. The Morgan fingerprint density at radius 2 is 2.23 bits per heavy atom. The van der Waals surface area contributed by atoms with Gasteiger partial charge in [-0.3, -0.25) is 14.9 Å². The Bertz CT molecular complexity index is 627. The second-order valence-corrected chi connectivity index (χ2v) is 5.58. The molecule has 0 bridgehead atoms. The zero-order chi connectivity index (χ0) is 16.9. The van der Waals surface area contributed by atoms with Crippen molar-refractivity contribution in [2.24, 2.45) is 5.92 Å². The molecule has 22 heavy (non-hydrogen) atoms. The molecule has 8 heteroatoms. The lowest BCUT2D eigenvalue weighted by atomic mass is 9.90. The van der Waals surface area contributed by atoms with E-state index < -0.39 is 16.4 Å². The number of non-ortho nitro benzene ring substituents is 1. The average Bonchev–Trinajstić information content (AvgIpc) is 2.45. The molecule has 0 saturated heterocycles. The number of carbonyl (C=O) groups is 1. The lowest BCUT2D eigenvalue weighted by Gasteiger charge is -2.27. The number of nitro benzene ring substituents is 1. The van der Waals surface area contributed by atoms with Crippen LogP contribution in [-0.4, -0.2) is 23.0 Å². The van der Waals surface area contributed by atoms with E-state index in [1.54, 1.807) is 6.92 Å². The van der Waals surface area contributed by atoms with Gasteiger partial charge in [0.05, 0.1) is 16.0 Å². The third-order valence-corrected chi connectivity index (χ3v) is 3.57. The highest BCUT2D eigenvalue weighted by Gasteiger charge is 2.30. The van der Waals surface area contributed by atoms with Crippen LogP contribution in [0.25, 0.3) is 0 Å². The van der Waals surface area contributed by atoms with Gasteiger partial charge in [0.15, 0.2) is 6.61 Å². The summed E-state index contributed by atoms with van der Waals surface area (Å²) in [5, 5.41) is 22.3. The maximum atomic E-state index is 11.8. The number of nitrogens with zero attached hydrogens (tertiary/aromatic N) is 2. The molecule has 0 unspecified atom stereocenters. The van der Waals surface area contributed by atoms with Gasteiger partial charge < -0.3 is 10.1 Å². The van der Waals surface area contributed by atoms with E-state index in [9.17, 15) is 14.9 Å². The molecular weight excluding hydrogens is 310 g/mol. The Kier molecular flexibility index (Phi) is 5.71. The second-order valence-electron chi connectivity index (χ2n) is 5.18. The number of rotatable bonds is 6. The minimum Gasteiger partial charge on any atom is -0.482 e. The number of halogens is 1. The molecule has 0 fully saturated rings. The molecule has 0 spiro atoms. The van der Waals surface area contributed by atoms with Gasteiger partial charge in [-0.2, -0.15) is 5.26 Å². The zero-order valence-electron chi connectivity index (χ0n) is 12.4. The fourth-order valence-electron chi connectivity index (χ4n) is 1.49. The standard InChI is InChI=1S/C14H16ClN3O4/c1-9(2)14(3,8-16)17-13(19)7-22-12-5-4-10(18(20)21)6-11(12)15/h4-6,9H,7H2,1-3H3,(H,17,19)/t14-/m1/s1. The van der Waals surface area contributed by atoms with Crippen molar-refractivity contribution in [1.82, 2.24) is 5.32 Å². The molecule has 0 aromatic heterocycles. The normalized spacial score (nSPS) is 13.1. The third-order valence-electron chi connectivity index (χ3n) is 3.27. The van der Waals surface area contributed by atoms with E-state index in [2.05, 4.69) is 5.32 Å². The Morgan fingerprint density at radius 3 is 2.68 bits per heavy atom. The first-order chi connectivity index (χ1) is 10.2. The maximum absolute atomic E-state index is 11.8. The Balaban J connectivity index is 2.69. The summed E-state index contributed by atoms with van der Waals surface area (Å²) in [6.07, 6.45) is 0. The van der Waals surface area contributed by atoms with Crippen LogP contribution in [0.15, 0.2) is 18.2 Å². The molecular formula is C14H16ClN3O4. The van der Waals surface area contributed by atoms with Gasteiger partial charge in [-0.05, 0) is 18.9 Å². The number of carbonyl (C=O) groups excluding carboxylic acids is 1. The molecule has 1 N–H and O–H groups in total. The Labute approximate surface area is 133 Å². The van der Waals surface area contributed by atoms with E-state index >= 15 is 0 Å². The van der Waals surface area contributed by atoms with Crippen LogP contribution in [0.4, 0.5) is 5.69 Å². The fraction of sp³-hybridized carbons (Fsp3) is 0.429. The minimum absolute atomic E-state index is 0.0360. The van der Waals surface area contributed by atoms with Crippen LogP contribution in [0, 0.1) is 27.4 Å². The van der Waals surface area contributed by atoms with Crippen LogP contribution >= 0.6 is 11.6 Å². The van der Waals surface area contributed by atoms with Gasteiger partial charge in [-0.25, -0.2) is 0 Å². The summed E-state index contributed by atoms with van der Waals surface area (Å²) in [5.41, 5.74) is -1.17. The summed E-state index contributed by atoms with van der Waals surface area (Å²) in [6.45, 7) is 4.91. The van der Waals surface area contributed by atoms with Crippen molar-refractivity contribution in [3.8, 4) is 11.8 Å². The number of nitriles is 1. The molecule has 0 saturated carbocycles. The number of benzene rings is 1. The number of hydrogen-bond acceptors (Lipinski definition) is 5. The Hall–Kier alpha value is -2.33. The molecule has 7 nitrogen and oxygen atoms in total. The first-order valence-corrected chi connectivity index (χ1v) is 6.86. The van der Waals surface area contributed by atoms with Gasteiger partial charge in [-0.15, -0.1) is 0 Å². The van der Waals surface area contributed by atoms with Crippen LogP contribution in [0.2, 0.25) is 5.02 Å². The van der Waals surface area contributed by atoms with Crippen LogP contribution in [0.1, 0.15) is 20.8 Å².